The lowest BCUT2D eigenvalue weighted by Crippen LogP contribution is -2.37. The van der Waals surface area contributed by atoms with Crippen LogP contribution in [0.5, 0.6) is 5.75 Å². The molecule has 1 fully saturated rings. The van der Waals surface area contributed by atoms with E-state index in [4.69, 9.17) is 4.74 Å². The van der Waals surface area contributed by atoms with E-state index < -0.39 is 0 Å². The van der Waals surface area contributed by atoms with Crippen LogP contribution in [0.4, 0.5) is 5.69 Å². The number of anilines is 1. The summed E-state index contributed by atoms with van der Waals surface area (Å²) in [6.07, 6.45) is 8.19. The van der Waals surface area contributed by atoms with Crippen molar-refractivity contribution in [3.05, 3.63) is 24.3 Å². The summed E-state index contributed by atoms with van der Waals surface area (Å²) in [7, 11) is 3.94. The van der Waals surface area contributed by atoms with Gasteiger partial charge < -0.3 is 9.64 Å². The zero-order chi connectivity index (χ0) is 14.4. The zero-order valence-electron chi connectivity index (χ0n) is 12.7. The number of rotatable bonds is 5. The topological polar surface area (TPSA) is 12.5 Å². The SMILES string of the molecule is COc1ccccc1N(C)CC1(CBr)CCCCCC1. The van der Waals surface area contributed by atoms with Gasteiger partial charge in [0.15, 0.2) is 0 Å². The second-order valence-electron chi connectivity index (χ2n) is 6.08. The molecule has 0 N–H and O–H groups in total. The first-order chi connectivity index (χ1) is 9.71. The molecule has 0 saturated heterocycles. The van der Waals surface area contributed by atoms with Crippen LogP contribution in [0.15, 0.2) is 24.3 Å². The molecule has 0 spiro atoms. The normalized spacial score (nSPS) is 18.4. The number of nitrogens with zero attached hydrogens (tertiary/aromatic N) is 1. The van der Waals surface area contributed by atoms with Crippen LogP contribution in [0.3, 0.4) is 0 Å². The summed E-state index contributed by atoms with van der Waals surface area (Å²) in [5.74, 6) is 0.966. The predicted octanol–water partition coefficient (Wildman–Crippen LogP) is 4.87. The van der Waals surface area contributed by atoms with Crippen LogP contribution >= 0.6 is 15.9 Å². The Morgan fingerprint density at radius 3 is 2.40 bits per heavy atom. The lowest BCUT2D eigenvalue weighted by molar-refractivity contribution is 0.294. The molecule has 0 unspecified atom stereocenters. The van der Waals surface area contributed by atoms with Crippen LogP contribution in [0.2, 0.25) is 0 Å². The van der Waals surface area contributed by atoms with Crippen molar-refractivity contribution < 1.29 is 4.74 Å². The third-order valence-electron chi connectivity index (χ3n) is 4.52. The molecule has 0 amide bonds. The molecule has 0 atom stereocenters. The van der Waals surface area contributed by atoms with E-state index in [1.54, 1.807) is 7.11 Å². The van der Waals surface area contributed by atoms with Gasteiger partial charge in [-0.2, -0.15) is 0 Å². The quantitative estimate of drug-likeness (QED) is 0.560. The van der Waals surface area contributed by atoms with Crippen LogP contribution in [0, 0.1) is 5.41 Å². The summed E-state index contributed by atoms with van der Waals surface area (Å²) in [5, 5.41) is 1.10. The Morgan fingerprint density at radius 2 is 1.80 bits per heavy atom. The van der Waals surface area contributed by atoms with Crippen LogP contribution in [-0.2, 0) is 0 Å². The first kappa shape index (κ1) is 15.7. The molecular weight excluding hydrogens is 314 g/mol. The zero-order valence-corrected chi connectivity index (χ0v) is 14.3. The van der Waals surface area contributed by atoms with Gasteiger partial charge in [-0.05, 0) is 30.4 Å². The largest absolute Gasteiger partial charge is 0.495 e. The van der Waals surface area contributed by atoms with Gasteiger partial charge in [-0.15, -0.1) is 0 Å². The smallest absolute Gasteiger partial charge is 0.142 e. The maximum absolute atomic E-state index is 5.49. The monoisotopic (exact) mass is 339 g/mol. The molecule has 1 aliphatic carbocycles. The minimum atomic E-state index is 0.409. The molecule has 20 heavy (non-hydrogen) atoms. The van der Waals surface area contributed by atoms with Gasteiger partial charge in [-0.25, -0.2) is 0 Å². The molecule has 1 saturated carbocycles. The van der Waals surface area contributed by atoms with Crippen LogP contribution in [0.1, 0.15) is 38.5 Å². The third-order valence-corrected chi connectivity index (χ3v) is 5.71. The molecule has 1 aromatic rings. The minimum absolute atomic E-state index is 0.409. The summed E-state index contributed by atoms with van der Waals surface area (Å²) < 4.78 is 5.49. The summed E-state index contributed by atoms with van der Waals surface area (Å²) in [5.41, 5.74) is 1.60. The fourth-order valence-electron chi connectivity index (χ4n) is 3.35. The van der Waals surface area contributed by atoms with E-state index in [9.17, 15) is 0 Å². The molecule has 0 aromatic heterocycles. The standard InChI is InChI=1S/C17H26BrNO/c1-19(15-9-5-6-10-16(15)20-2)14-17(13-18)11-7-3-4-8-12-17/h5-6,9-10H,3-4,7-8,11-14H2,1-2H3. The molecule has 112 valence electrons. The number of hydrogen-bond acceptors (Lipinski definition) is 2. The van der Waals surface area contributed by atoms with Crippen molar-refractivity contribution in [1.29, 1.82) is 0 Å². The average molecular weight is 340 g/mol. The van der Waals surface area contributed by atoms with E-state index in [-0.39, 0.29) is 0 Å². The number of ether oxygens (including phenoxy) is 1. The Balaban J connectivity index is 2.13. The second kappa shape index (κ2) is 7.35. The lowest BCUT2D eigenvalue weighted by Gasteiger charge is -2.36. The first-order valence-electron chi connectivity index (χ1n) is 7.61. The van der Waals surface area contributed by atoms with Crippen molar-refractivity contribution in [1.82, 2.24) is 0 Å². The lowest BCUT2D eigenvalue weighted by atomic mass is 9.82. The Labute approximate surface area is 131 Å². The first-order valence-corrected chi connectivity index (χ1v) is 8.73. The molecule has 0 bridgehead atoms. The van der Waals surface area contributed by atoms with E-state index in [0.29, 0.717) is 5.41 Å². The highest BCUT2D eigenvalue weighted by Crippen LogP contribution is 2.39. The Morgan fingerprint density at radius 1 is 1.15 bits per heavy atom. The van der Waals surface area contributed by atoms with Crippen molar-refractivity contribution in [2.45, 2.75) is 38.5 Å². The molecular formula is C17H26BrNO. The summed E-state index contributed by atoms with van der Waals surface area (Å²) >= 11 is 3.78. The molecule has 3 heteroatoms. The van der Waals surface area contributed by atoms with Crippen molar-refractivity contribution >= 4 is 21.6 Å². The highest BCUT2D eigenvalue weighted by Gasteiger charge is 2.31. The Kier molecular flexibility index (Phi) is 5.76. The average Bonchev–Trinajstić information content (AvgIpc) is 2.73. The highest BCUT2D eigenvalue weighted by molar-refractivity contribution is 9.09. The van der Waals surface area contributed by atoms with Gasteiger partial charge in [0.05, 0.1) is 12.8 Å². The number of alkyl halides is 1. The van der Waals surface area contributed by atoms with Crippen LogP contribution in [0.25, 0.3) is 0 Å². The fourth-order valence-corrected chi connectivity index (χ4v) is 4.08. The van der Waals surface area contributed by atoms with Crippen LogP contribution < -0.4 is 9.64 Å². The van der Waals surface area contributed by atoms with Gasteiger partial charge in [-0.3, -0.25) is 0 Å². The van der Waals surface area contributed by atoms with Gasteiger partial charge in [0.2, 0.25) is 0 Å². The van der Waals surface area contributed by atoms with E-state index >= 15 is 0 Å². The second-order valence-corrected chi connectivity index (χ2v) is 6.64. The summed E-state index contributed by atoms with van der Waals surface area (Å²) in [6.45, 7) is 1.10. The molecule has 0 heterocycles. The van der Waals surface area contributed by atoms with E-state index in [1.807, 2.05) is 12.1 Å². The number of methoxy groups -OCH3 is 1. The molecule has 0 aliphatic heterocycles. The van der Waals surface area contributed by atoms with Gasteiger partial charge in [0.1, 0.15) is 5.75 Å². The van der Waals surface area contributed by atoms with Gasteiger partial charge in [-0.1, -0.05) is 53.7 Å². The molecule has 1 aromatic carbocycles. The molecule has 1 aliphatic rings. The molecule has 0 radical (unpaired) electrons. The Hall–Kier alpha value is -0.700. The third kappa shape index (κ3) is 3.69. The highest BCUT2D eigenvalue weighted by atomic mass is 79.9. The fraction of sp³-hybridized carbons (Fsp3) is 0.647. The summed E-state index contributed by atoms with van der Waals surface area (Å²) in [6, 6.07) is 8.31. The van der Waals surface area contributed by atoms with Gasteiger partial charge >= 0.3 is 0 Å². The maximum atomic E-state index is 5.49. The van der Waals surface area contributed by atoms with E-state index in [1.165, 1.54) is 44.2 Å². The summed E-state index contributed by atoms with van der Waals surface area (Å²) in [4.78, 5) is 2.37. The number of halogens is 1. The minimum Gasteiger partial charge on any atom is -0.495 e. The number of benzene rings is 1. The van der Waals surface area contributed by atoms with E-state index in [2.05, 4.69) is 40.0 Å². The van der Waals surface area contributed by atoms with Gasteiger partial charge in [0, 0.05) is 18.9 Å². The maximum Gasteiger partial charge on any atom is 0.142 e. The predicted molar refractivity (Wildman–Crippen MR) is 90.2 cm³/mol. The van der Waals surface area contributed by atoms with Crippen molar-refractivity contribution in [2.75, 3.05) is 30.9 Å². The molecule has 2 rings (SSSR count). The Bertz CT molecular complexity index is 413. The van der Waals surface area contributed by atoms with Crippen molar-refractivity contribution in [2.24, 2.45) is 5.41 Å². The molecule has 2 nitrogen and oxygen atoms in total. The van der Waals surface area contributed by atoms with Crippen molar-refractivity contribution in [3.8, 4) is 5.75 Å². The van der Waals surface area contributed by atoms with Gasteiger partial charge in [0.25, 0.3) is 0 Å². The number of para-hydroxylation sites is 2. The van der Waals surface area contributed by atoms with E-state index in [0.717, 1.165) is 17.6 Å². The van der Waals surface area contributed by atoms with Crippen LogP contribution in [-0.4, -0.2) is 26.0 Å². The van der Waals surface area contributed by atoms with Crippen molar-refractivity contribution in [3.63, 3.8) is 0 Å². The number of hydrogen-bond donors (Lipinski definition) is 0.